The SMILES string of the molecule is COC(=O)c1cccc(OCc2noc(-c3ccn(C4CCCNC4)n3)n2)c1.Cl. The van der Waals surface area contributed by atoms with E-state index in [1.54, 1.807) is 24.3 Å². The number of ether oxygens (including phenoxy) is 2. The molecule has 0 aliphatic carbocycles. The summed E-state index contributed by atoms with van der Waals surface area (Å²) in [5, 5.41) is 11.9. The summed E-state index contributed by atoms with van der Waals surface area (Å²) in [5.74, 6) is 0.844. The quantitative estimate of drug-likeness (QED) is 0.608. The fourth-order valence-electron chi connectivity index (χ4n) is 3.11. The number of aromatic nitrogens is 4. The van der Waals surface area contributed by atoms with Crippen LogP contribution in [0.4, 0.5) is 0 Å². The first-order chi connectivity index (χ1) is 13.7. The van der Waals surface area contributed by atoms with Gasteiger partial charge in [-0.3, -0.25) is 4.68 Å². The minimum Gasteiger partial charge on any atom is -0.485 e. The molecule has 2 aromatic heterocycles. The summed E-state index contributed by atoms with van der Waals surface area (Å²) in [4.78, 5) is 15.9. The van der Waals surface area contributed by atoms with E-state index in [4.69, 9.17) is 14.0 Å². The number of nitrogens with one attached hydrogen (secondary N) is 1. The summed E-state index contributed by atoms with van der Waals surface area (Å²) in [5.41, 5.74) is 1.05. The molecule has 3 heterocycles. The lowest BCUT2D eigenvalue weighted by Crippen LogP contribution is -2.31. The molecule has 0 bridgehead atoms. The lowest BCUT2D eigenvalue weighted by Gasteiger charge is -2.22. The molecule has 1 fully saturated rings. The fourth-order valence-corrected chi connectivity index (χ4v) is 3.11. The van der Waals surface area contributed by atoms with E-state index < -0.39 is 5.97 Å². The van der Waals surface area contributed by atoms with Gasteiger partial charge in [-0.05, 0) is 43.7 Å². The zero-order chi connectivity index (χ0) is 19.3. The second-order valence-corrected chi connectivity index (χ2v) is 6.51. The predicted molar refractivity (Wildman–Crippen MR) is 106 cm³/mol. The maximum absolute atomic E-state index is 11.6. The Morgan fingerprint density at radius 2 is 2.28 bits per heavy atom. The number of benzene rings is 1. The van der Waals surface area contributed by atoms with Crippen molar-refractivity contribution in [2.75, 3.05) is 20.2 Å². The molecule has 9 nitrogen and oxygen atoms in total. The number of carbonyl (C=O) groups is 1. The molecule has 0 saturated carbocycles. The van der Waals surface area contributed by atoms with Gasteiger partial charge in [-0.2, -0.15) is 10.1 Å². The van der Waals surface area contributed by atoms with Gasteiger partial charge in [0.2, 0.25) is 5.82 Å². The third kappa shape index (κ3) is 4.93. The second kappa shape index (κ2) is 9.53. The third-order valence-corrected chi connectivity index (χ3v) is 4.56. The van der Waals surface area contributed by atoms with Crippen LogP contribution >= 0.6 is 12.4 Å². The lowest BCUT2D eigenvalue weighted by atomic mass is 10.1. The van der Waals surface area contributed by atoms with E-state index in [-0.39, 0.29) is 19.0 Å². The molecule has 1 atom stereocenters. The number of halogens is 1. The summed E-state index contributed by atoms with van der Waals surface area (Å²) in [6, 6.07) is 8.93. The van der Waals surface area contributed by atoms with Gasteiger partial charge in [-0.1, -0.05) is 11.2 Å². The molecule has 3 aromatic rings. The summed E-state index contributed by atoms with van der Waals surface area (Å²) in [7, 11) is 1.34. The smallest absolute Gasteiger partial charge is 0.337 e. The molecule has 10 heteroatoms. The van der Waals surface area contributed by atoms with Gasteiger partial charge < -0.3 is 19.3 Å². The number of hydrogen-bond acceptors (Lipinski definition) is 8. The van der Waals surface area contributed by atoms with Crippen LogP contribution in [0.1, 0.15) is 35.1 Å². The Morgan fingerprint density at radius 3 is 3.07 bits per heavy atom. The largest absolute Gasteiger partial charge is 0.485 e. The minimum absolute atomic E-state index is 0. The zero-order valence-corrected chi connectivity index (χ0v) is 16.7. The highest BCUT2D eigenvalue weighted by molar-refractivity contribution is 5.89. The van der Waals surface area contributed by atoms with Gasteiger partial charge in [0, 0.05) is 12.7 Å². The molecule has 154 valence electrons. The number of rotatable bonds is 6. The van der Waals surface area contributed by atoms with Crippen LogP contribution in [0.3, 0.4) is 0 Å². The maximum atomic E-state index is 11.6. The van der Waals surface area contributed by atoms with Gasteiger partial charge in [0.15, 0.2) is 12.3 Å². The van der Waals surface area contributed by atoms with E-state index in [2.05, 4.69) is 20.6 Å². The monoisotopic (exact) mass is 419 g/mol. The topological polar surface area (TPSA) is 104 Å². The van der Waals surface area contributed by atoms with Crippen molar-refractivity contribution in [2.24, 2.45) is 0 Å². The molecular weight excluding hydrogens is 398 g/mol. The Bertz CT molecular complexity index is 951. The van der Waals surface area contributed by atoms with Gasteiger partial charge in [-0.25, -0.2) is 4.79 Å². The van der Waals surface area contributed by atoms with E-state index in [0.717, 1.165) is 25.9 Å². The number of methoxy groups -OCH3 is 1. The molecule has 1 aliphatic rings. The van der Waals surface area contributed by atoms with E-state index >= 15 is 0 Å². The molecule has 1 saturated heterocycles. The Balaban J connectivity index is 0.00000240. The highest BCUT2D eigenvalue weighted by atomic mass is 35.5. The second-order valence-electron chi connectivity index (χ2n) is 6.51. The molecule has 1 N–H and O–H groups in total. The minimum atomic E-state index is -0.420. The number of piperidine rings is 1. The highest BCUT2D eigenvalue weighted by Crippen LogP contribution is 2.21. The first-order valence-electron chi connectivity index (χ1n) is 9.13. The third-order valence-electron chi connectivity index (χ3n) is 4.56. The molecule has 0 radical (unpaired) electrons. The van der Waals surface area contributed by atoms with Crippen molar-refractivity contribution in [3.63, 3.8) is 0 Å². The first kappa shape index (κ1) is 20.8. The Kier molecular flexibility index (Phi) is 6.84. The molecule has 1 aromatic carbocycles. The summed E-state index contributed by atoms with van der Waals surface area (Å²) >= 11 is 0. The van der Waals surface area contributed by atoms with Crippen molar-refractivity contribution >= 4 is 18.4 Å². The normalized spacial score (nSPS) is 16.1. The summed E-state index contributed by atoms with van der Waals surface area (Å²) in [6.07, 6.45) is 4.17. The van der Waals surface area contributed by atoms with Crippen molar-refractivity contribution in [1.82, 2.24) is 25.2 Å². The molecular formula is C19H22ClN5O4. The van der Waals surface area contributed by atoms with E-state index in [0.29, 0.717) is 34.8 Å². The van der Waals surface area contributed by atoms with Crippen LogP contribution in [-0.4, -0.2) is 46.1 Å². The van der Waals surface area contributed by atoms with E-state index in [1.807, 2.05) is 16.9 Å². The number of carbonyl (C=O) groups excluding carboxylic acids is 1. The summed E-state index contributed by atoms with van der Waals surface area (Å²) < 4.78 is 17.6. The highest BCUT2D eigenvalue weighted by Gasteiger charge is 2.18. The number of nitrogens with zero attached hydrogens (tertiary/aromatic N) is 4. The maximum Gasteiger partial charge on any atom is 0.337 e. The summed E-state index contributed by atoms with van der Waals surface area (Å²) in [6.45, 7) is 2.08. The molecule has 29 heavy (non-hydrogen) atoms. The van der Waals surface area contributed by atoms with Crippen molar-refractivity contribution in [3.05, 3.63) is 47.9 Å². The van der Waals surface area contributed by atoms with E-state index in [1.165, 1.54) is 7.11 Å². The lowest BCUT2D eigenvalue weighted by molar-refractivity contribution is 0.0600. The average Bonchev–Trinajstić information content (AvgIpc) is 3.42. The van der Waals surface area contributed by atoms with Crippen molar-refractivity contribution in [2.45, 2.75) is 25.5 Å². The van der Waals surface area contributed by atoms with Crippen LogP contribution < -0.4 is 10.1 Å². The zero-order valence-electron chi connectivity index (χ0n) is 15.9. The molecule has 4 rings (SSSR count). The van der Waals surface area contributed by atoms with Crippen molar-refractivity contribution in [3.8, 4) is 17.3 Å². The Morgan fingerprint density at radius 1 is 1.38 bits per heavy atom. The van der Waals surface area contributed by atoms with Crippen LogP contribution in [0.15, 0.2) is 41.1 Å². The number of esters is 1. The Labute approximate surface area is 173 Å². The van der Waals surface area contributed by atoms with Gasteiger partial charge in [0.05, 0.1) is 18.7 Å². The van der Waals surface area contributed by atoms with Crippen molar-refractivity contribution < 1.29 is 18.8 Å². The van der Waals surface area contributed by atoms with Crippen LogP contribution in [0.25, 0.3) is 11.6 Å². The van der Waals surface area contributed by atoms with Gasteiger partial charge in [-0.15, -0.1) is 12.4 Å². The van der Waals surface area contributed by atoms with Gasteiger partial charge >= 0.3 is 5.97 Å². The predicted octanol–water partition coefficient (Wildman–Crippen LogP) is 2.65. The molecule has 1 unspecified atom stereocenters. The standard InChI is InChI=1S/C19H21N5O4.ClH/c1-26-19(25)13-4-2-6-15(10-13)27-12-17-21-18(28-23-17)16-7-9-24(22-16)14-5-3-8-20-11-14;/h2,4,6-7,9-10,14,20H,3,5,8,11-12H2,1H3;1H. The fraction of sp³-hybridized carbons (Fsp3) is 0.368. The number of hydrogen-bond donors (Lipinski definition) is 1. The molecule has 0 spiro atoms. The van der Waals surface area contributed by atoms with Crippen LogP contribution in [0, 0.1) is 0 Å². The van der Waals surface area contributed by atoms with Crippen LogP contribution in [0.2, 0.25) is 0 Å². The van der Waals surface area contributed by atoms with E-state index in [9.17, 15) is 4.79 Å². The first-order valence-corrected chi connectivity index (χ1v) is 9.13. The molecule has 0 amide bonds. The van der Waals surface area contributed by atoms with Gasteiger partial charge in [0.25, 0.3) is 5.89 Å². The van der Waals surface area contributed by atoms with Gasteiger partial charge in [0.1, 0.15) is 5.75 Å². The van der Waals surface area contributed by atoms with Crippen molar-refractivity contribution in [1.29, 1.82) is 0 Å². The Hall–Kier alpha value is -2.91. The van der Waals surface area contributed by atoms with Crippen LogP contribution in [0.5, 0.6) is 5.75 Å². The van der Waals surface area contributed by atoms with Crippen LogP contribution in [-0.2, 0) is 11.3 Å². The molecule has 1 aliphatic heterocycles. The average molecular weight is 420 g/mol.